The van der Waals surface area contributed by atoms with Gasteiger partial charge < -0.3 is 4.74 Å². The molecule has 1 rings (SSSR count). The SMILES string of the molecule is N#CCOc1cccc(NS(=O)(=O)CCCCCl)c1. The van der Waals surface area contributed by atoms with Crippen LogP contribution in [-0.2, 0) is 10.0 Å². The van der Waals surface area contributed by atoms with Crippen molar-refractivity contribution in [1.29, 1.82) is 5.26 Å². The van der Waals surface area contributed by atoms with Gasteiger partial charge in [-0.2, -0.15) is 5.26 Å². The summed E-state index contributed by atoms with van der Waals surface area (Å²) in [6, 6.07) is 8.32. The molecule has 0 bridgehead atoms. The summed E-state index contributed by atoms with van der Waals surface area (Å²) in [5.41, 5.74) is 0.418. The Morgan fingerprint density at radius 3 is 2.84 bits per heavy atom. The van der Waals surface area contributed by atoms with Gasteiger partial charge in [-0.25, -0.2) is 8.42 Å². The Balaban J connectivity index is 2.63. The highest BCUT2D eigenvalue weighted by atomic mass is 35.5. The van der Waals surface area contributed by atoms with E-state index in [1.54, 1.807) is 18.2 Å². The topological polar surface area (TPSA) is 79.2 Å². The van der Waals surface area contributed by atoms with Crippen LogP contribution in [0.15, 0.2) is 24.3 Å². The fourth-order valence-corrected chi connectivity index (χ4v) is 2.74. The minimum atomic E-state index is -3.37. The van der Waals surface area contributed by atoms with E-state index < -0.39 is 10.0 Å². The van der Waals surface area contributed by atoms with Gasteiger partial charge in [-0.1, -0.05) is 6.07 Å². The fourth-order valence-electron chi connectivity index (χ4n) is 1.38. The molecular formula is C12H15ClN2O3S. The quantitative estimate of drug-likeness (QED) is 0.590. The van der Waals surface area contributed by atoms with Crippen LogP contribution in [0.2, 0.25) is 0 Å². The summed E-state index contributed by atoms with van der Waals surface area (Å²) in [6.07, 6.45) is 1.18. The van der Waals surface area contributed by atoms with Gasteiger partial charge in [0.25, 0.3) is 0 Å². The van der Waals surface area contributed by atoms with Crippen molar-refractivity contribution in [2.45, 2.75) is 12.8 Å². The Kier molecular flexibility index (Phi) is 6.46. The van der Waals surface area contributed by atoms with Crippen molar-refractivity contribution in [2.24, 2.45) is 0 Å². The van der Waals surface area contributed by atoms with E-state index in [0.717, 1.165) is 0 Å². The molecule has 0 unspecified atom stereocenters. The molecule has 5 nitrogen and oxygen atoms in total. The van der Waals surface area contributed by atoms with Crippen LogP contribution in [0.3, 0.4) is 0 Å². The molecule has 0 heterocycles. The van der Waals surface area contributed by atoms with Crippen LogP contribution in [0.4, 0.5) is 5.69 Å². The van der Waals surface area contributed by atoms with Crippen LogP contribution in [0.25, 0.3) is 0 Å². The summed E-state index contributed by atoms with van der Waals surface area (Å²) >= 11 is 5.50. The van der Waals surface area contributed by atoms with Crippen LogP contribution < -0.4 is 9.46 Å². The van der Waals surface area contributed by atoms with E-state index in [2.05, 4.69) is 4.72 Å². The molecule has 0 aromatic heterocycles. The molecular weight excluding hydrogens is 288 g/mol. The largest absolute Gasteiger partial charge is 0.479 e. The number of anilines is 1. The first-order valence-electron chi connectivity index (χ1n) is 5.73. The van der Waals surface area contributed by atoms with E-state index in [1.807, 2.05) is 6.07 Å². The molecule has 19 heavy (non-hydrogen) atoms. The average Bonchev–Trinajstić information content (AvgIpc) is 2.36. The Labute approximate surface area is 118 Å². The lowest BCUT2D eigenvalue weighted by atomic mass is 10.3. The summed E-state index contributed by atoms with van der Waals surface area (Å²) in [7, 11) is -3.37. The number of nitriles is 1. The van der Waals surface area contributed by atoms with Crippen LogP contribution in [-0.4, -0.2) is 26.7 Å². The van der Waals surface area contributed by atoms with Crippen molar-refractivity contribution in [1.82, 2.24) is 0 Å². The van der Waals surface area contributed by atoms with Crippen molar-refractivity contribution < 1.29 is 13.2 Å². The van der Waals surface area contributed by atoms with Crippen LogP contribution in [0.5, 0.6) is 5.75 Å². The highest BCUT2D eigenvalue weighted by Gasteiger charge is 2.10. The smallest absolute Gasteiger partial charge is 0.232 e. The Morgan fingerprint density at radius 2 is 2.16 bits per heavy atom. The maximum Gasteiger partial charge on any atom is 0.232 e. The number of benzene rings is 1. The first kappa shape index (κ1) is 15.6. The molecule has 1 N–H and O–H groups in total. The van der Waals surface area contributed by atoms with Gasteiger partial charge >= 0.3 is 0 Å². The number of nitrogens with zero attached hydrogens (tertiary/aromatic N) is 1. The summed E-state index contributed by atoms with van der Waals surface area (Å²) < 4.78 is 31.1. The van der Waals surface area contributed by atoms with Gasteiger partial charge in [0.05, 0.1) is 11.4 Å². The highest BCUT2D eigenvalue weighted by molar-refractivity contribution is 7.92. The predicted octanol–water partition coefficient (Wildman–Crippen LogP) is 2.35. The first-order chi connectivity index (χ1) is 9.07. The summed E-state index contributed by atoms with van der Waals surface area (Å²) in [5.74, 6) is 0.929. The minimum Gasteiger partial charge on any atom is -0.479 e. The van der Waals surface area contributed by atoms with Gasteiger partial charge in [0.1, 0.15) is 11.8 Å². The Bertz CT molecular complexity index is 540. The molecule has 0 aliphatic rings. The molecule has 1 aromatic carbocycles. The van der Waals surface area contributed by atoms with E-state index in [0.29, 0.717) is 30.2 Å². The Hall–Kier alpha value is -1.45. The molecule has 0 aliphatic heterocycles. The van der Waals surface area contributed by atoms with Crippen LogP contribution in [0.1, 0.15) is 12.8 Å². The number of hydrogen-bond acceptors (Lipinski definition) is 4. The second-order valence-corrected chi connectivity index (χ2v) is 6.01. The van der Waals surface area contributed by atoms with Crippen LogP contribution in [0, 0.1) is 11.3 Å². The number of sulfonamides is 1. The van der Waals surface area contributed by atoms with Crippen LogP contribution >= 0.6 is 11.6 Å². The molecule has 0 saturated heterocycles. The van der Waals surface area contributed by atoms with Gasteiger partial charge in [-0.15, -0.1) is 11.6 Å². The lowest BCUT2D eigenvalue weighted by Gasteiger charge is -2.09. The van der Waals surface area contributed by atoms with Crippen molar-refractivity contribution in [3.63, 3.8) is 0 Å². The predicted molar refractivity (Wildman–Crippen MR) is 74.9 cm³/mol. The third-order valence-corrected chi connectivity index (χ3v) is 3.85. The number of hydrogen-bond donors (Lipinski definition) is 1. The maximum absolute atomic E-state index is 11.8. The lowest BCUT2D eigenvalue weighted by molar-refractivity contribution is 0.368. The number of ether oxygens (including phenoxy) is 1. The van der Waals surface area contributed by atoms with Crippen molar-refractivity contribution >= 4 is 27.3 Å². The van der Waals surface area contributed by atoms with Gasteiger partial charge in [0, 0.05) is 11.9 Å². The Morgan fingerprint density at radius 1 is 1.37 bits per heavy atom. The van der Waals surface area contributed by atoms with Gasteiger partial charge in [0.2, 0.25) is 10.0 Å². The normalized spacial score (nSPS) is 10.7. The zero-order chi connectivity index (χ0) is 14.1. The average molecular weight is 303 g/mol. The third kappa shape index (κ3) is 6.32. The monoisotopic (exact) mass is 302 g/mol. The zero-order valence-corrected chi connectivity index (χ0v) is 11.9. The summed E-state index contributed by atoms with van der Waals surface area (Å²) in [4.78, 5) is 0. The number of alkyl halides is 1. The van der Waals surface area contributed by atoms with Crippen molar-refractivity contribution in [3.05, 3.63) is 24.3 Å². The number of halogens is 1. The number of nitrogens with one attached hydrogen (secondary N) is 1. The van der Waals surface area contributed by atoms with E-state index in [9.17, 15) is 8.42 Å². The van der Waals surface area contributed by atoms with Gasteiger partial charge in [0.15, 0.2) is 6.61 Å². The van der Waals surface area contributed by atoms with E-state index in [-0.39, 0.29) is 12.4 Å². The molecule has 1 aromatic rings. The van der Waals surface area contributed by atoms with E-state index in [1.165, 1.54) is 6.07 Å². The van der Waals surface area contributed by atoms with E-state index in [4.69, 9.17) is 21.6 Å². The molecule has 0 radical (unpaired) electrons. The molecule has 0 amide bonds. The first-order valence-corrected chi connectivity index (χ1v) is 7.92. The molecule has 0 fully saturated rings. The van der Waals surface area contributed by atoms with Crippen molar-refractivity contribution in [2.75, 3.05) is 23.0 Å². The molecule has 0 aliphatic carbocycles. The minimum absolute atomic E-state index is 0.0308. The number of rotatable bonds is 8. The molecule has 0 spiro atoms. The fraction of sp³-hybridized carbons (Fsp3) is 0.417. The zero-order valence-electron chi connectivity index (χ0n) is 10.3. The molecule has 0 saturated carbocycles. The standard InChI is InChI=1S/C12H15ClN2O3S/c13-6-1-2-9-19(16,17)15-11-4-3-5-12(10-11)18-8-7-14/h3-5,10,15H,1-2,6,8-9H2. The second kappa shape index (κ2) is 7.87. The molecule has 0 atom stereocenters. The maximum atomic E-state index is 11.8. The summed E-state index contributed by atoms with van der Waals surface area (Å²) in [6.45, 7) is -0.0775. The van der Waals surface area contributed by atoms with Gasteiger partial charge in [-0.3, -0.25) is 4.72 Å². The highest BCUT2D eigenvalue weighted by Crippen LogP contribution is 2.18. The lowest BCUT2D eigenvalue weighted by Crippen LogP contribution is -2.16. The van der Waals surface area contributed by atoms with Gasteiger partial charge in [-0.05, 0) is 25.0 Å². The van der Waals surface area contributed by atoms with Crippen molar-refractivity contribution in [3.8, 4) is 11.8 Å². The third-order valence-electron chi connectivity index (χ3n) is 2.21. The second-order valence-electron chi connectivity index (χ2n) is 3.79. The summed E-state index contributed by atoms with van der Waals surface area (Å²) in [5, 5.41) is 8.41. The van der Waals surface area contributed by atoms with E-state index >= 15 is 0 Å². The number of unbranched alkanes of at least 4 members (excludes halogenated alkanes) is 1. The molecule has 7 heteroatoms. The molecule has 104 valence electrons.